The lowest BCUT2D eigenvalue weighted by atomic mass is 10.2. The van der Waals surface area contributed by atoms with Crippen LogP contribution >= 0.6 is 11.8 Å². The molecule has 0 fully saturated rings. The smallest absolute Gasteiger partial charge is 0.248 e. The molecule has 0 spiro atoms. The zero-order chi connectivity index (χ0) is 18.4. The summed E-state index contributed by atoms with van der Waals surface area (Å²) in [5.74, 6) is -0.349. The largest absolute Gasteiger partial charge is 0.323 e. The van der Waals surface area contributed by atoms with Gasteiger partial charge in [-0.2, -0.15) is 0 Å². The van der Waals surface area contributed by atoms with E-state index in [-0.39, 0.29) is 5.91 Å². The van der Waals surface area contributed by atoms with E-state index in [0.717, 1.165) is 11.2 Å². The number of anilines is 2. The van der Waals surface area contributed by atoms with Crippen molar-refractivity contribution in [3.63, 3.8) is 0 Å². The van der Waals surface area contributed by atoms with Crippen LogP contribution in [-0.4, -0.2) is 32.9 Å². The highest BCUT2D eigenvalue weighted by Gasteiger charge is 2.31. The molecule has 2 aromatic carbocycles. The third-order valence-electron chi connectivity index (χ3n) is 3.71. The molecular weight excluding hydrogens is 356 g/mol. The number of hydrogen-bond acceptors (Lipinski definition) is 4. The lowest BCUT2D eigenvalue weighted by Crippen LogP contribution is -2.47. The second kappa shape index (κ2) is 8.40. The van der Waals surface area contributed by atoms with E-state index >= 15 is 0 Å². The summed E-state index contributed by atoms with van der Waals surface area (Å²) in [6, 6.07) is 15.3. The molecule has 0 heterocycles. The van der Waals surface area contributed by atoms with Crippen molar-refractivity contribution >= 4 is 39.1 Å². The molecular formula is C18H22N2O3S2. The highest BCUT2D eigenvalue weighted by molar-refractivity contribution is 7.98. The van der Waals surface area contributed by atoms with Gasteiger partial charge in [0, 0.05) is 4.90 Å². The first-order chi connectivity index (χ1) is 11.9. The molecule has 0 saturated heterocycles. The molecule has 0 aromatic heterocycles. The van der Waals surface area contributed by atoms with Gasteiger partial charge in [-0.3, -0.25) is 9.10 Å². The van der Waals surface area contributed by atoms with E-state index in [0.29, 0.717) is 17.8 Å². The maximum atomic E-state index is 12.8. The van der Waals surface area contributed by atoms with Crippen LogP contribution < -0.4 is 9.62 Å². The van der Waals surface area contributed by atoms with Gasteiger partial charge in [-0.25, -0.2) is 8.42 Å². The molecule has 7 heteroatoms. The Morgan fingerprint density at radius 3 is 2.28 bits per heavy atom. The first-order valence-electron chi connectivity index (χ1n) is 7.86. The number of nitrogens with zero attached hydrogens (tertiary/aromatic N) is 1. The fourth-order valence-electron chi connectivity index (χ4n) is 2.60. The predicted molar refractivity (Wildman–Crippen MR) is 105 cm³/mol. The van der Waals surface area contributed by atoms with E-state index in [1.807, 2.05) is 30.5 Å². The van der Waals surface area contributed by atoms with Crippen molar-refractivity contribution in [2.24, 2.45) is 0 Å². The second-order valence-corrected chi connectivity index (χ2v) is 8.22. The van der Waals surface area contributed by atoms with Crippen molar-refractivity contribution in [1.29, 1.82) is 0 Å². The van der Waals surface area contributed by atoms with E-state index < -0.39 is 16.1 Å². The Morgan fingerprint density at radius 2 is 1.72 bits per heavy atom. The summed E-state index contributed by atoms with van der Waals surface area (Å²) in [6.07, 6.45) is 3.40. The highest BCUT2D eigenvalue weighted by Crippen LogP contribution is 2.27. The van der Waals surface area contributed by atoms with Gasteiger partial charge in [-0.05, 0) is 36.9 Å². The quantitative estimate of drug-likeness (QED) is 0.748. The van der Waals surface area contributed by atoms with Crippen molar-refractivity contribution < 1.29 is 13.2 Å². The number of carbonyl (C=O) groups is 1. The molecule has 0 radical (unpaired) electrons. The summed E-state index contributed by atoms with van der Waals surface area (Å²) in [7, 11) is -3.61. The molecule has 1 amide bonds. The second-order valence-electron chi connectivity index (χ2n) is 5.51. The number of nitrogens with one attached hydrogen (secondary N) is 1. The Morgan fingerprint density at radius 1 is 1.12 bits per heavy atom. The van der Waals surface area contributed by atoms with Crippen LogP contribution in [0.15, 0.2) is 59.5 Å². The normalized spacial score (nSPS) is 12.4. The standard InChI is InChI=1S/C18H22N2O3S2/c1-4-16(18(21)19-15-12-8-9-13-17(15)24-2)20(25(3,22)23)14-10-6-5-7-11-14/h5-13,16H,4H2,1-3H3,(H,19,21)/t16-/m1/s1. The Bertz CT molecular complexity index is 823. The first kappa shape index (κ1) is 19.3. The summed E-state index contributed by atoms with van der Waals surface area (Å²) >= 11 is 1.52. The molecule has 0 bridgehead atoms. The van der Waals surface area contributed by atoms with E-state index in [2.05, 4.69) is 5.32 Å². The minimum absolute atomic E-state index is 0.349. The van der Waals surface area contributed by atoms with Crippen LogP contribution in [0, 0.1) is 0 Å². The Labute approximate surface area is 153 Å². The van der Waals surface area contributed by atoms with Crippen LogP contribution in [0.2, 0.25) is 0 Å². The summed E-state index contributed by atoms with van der Waals surface area (Å²) in [4.78, 5) is 13.8. The SMILES string of the molecule is CC[C@H](C(=O)Nc1ccccc1SC)N(c1ccccc1)S(C)(=O)=O. The summed E-state index contributed by atoms with van der Waals surface area (Å²) in [6.45, 7) is 1.80. The van der Waals surface area contributed by atoms with Gasteiger partial charge in [0.25, 0.3) is 0 Å². The number of amides is 1. The first-order valence-corrected chi connectivity index (χ1v) is 10.9. The number of benzene rings is 2. The minimum atomic E-state index is -3.61. The van der Waals surface area contributed by atoms with E-state index in [4.69, 9.17) is 0 Å². The fraction of sp³-hybridized carbons (Fsp3) is 0.278. The number of hydrogen-bond donors (Lipinski definition) is 1. The summed E-state index contributed by atoms with van der Waals surface area (Å²) < 4.78 is 25.9. The van der Waals surface area contributed by atoms with Gasteiger partial charge in [0.05, 0.1) is 17.6 Å². The van der Waals surface area contributed by atoms with Gasteiger partial charge in [0.2, 0.25) is 15.9 Å². The van der Waals surface area contributed by atoms with E-state index in [9.17, 15) is 13.2 Å². The number of rotatable bonds is 7. The fourth-order valence-corrected chi connectivity index (χ4v) is 4.36. The number of carbonyl (C=O) groups excluding carboxylic acids is 1. The topological polar surface area (TPSA) is 66.5 Å². The molecule has 1 atom stereocenters. The molecule has 2 aromatic rings. The van der Waals surface area contributed by atoms with Crippen molar-refractivity contribution in [3.05, 3.63) is 54.6 Å². The van der Waals surface area contributed by atoms with Crippen LogP contribution in [0.4, 0.5) is 11.4 Å². The predicted octanol–water partition coefficient (Wildman–Crippen LogP) is 3.59. The summed E-state index contributed by atoms with van der Waals surface area (Å²) in [5, 5.41) is 2.87. The number of para-hydroxylation sites is 2. The zero-order valence-corrected chi connectivity index (χ0v) is 16.1. The van der Waals surface area contributed by atoms with Crippen molar-refractivity contribution in [2.75, 3.05) is 22.1 Å². The lowest BCUT2D eigenvalue weighted by Gasteiger charge is -2.30. The van der Waals surface area contributed by atoms with Crippen molar-refractivity contribution in [1.82, 2.24) is 0 Å². The molecule has 1 N–H and O–H groups in total. The minimum Gasteiger partial charge on any atom is -0.323 e. The third-order valence-corrected chi connectivity index (χ3v) is 5.68. The number of sulfonamides is 1. The third kappa shape index (κ3) is 4.76. The Hall–Kier alpha value is -1.99. The maximum Gasteiger partial charge on any atom is 0.248 e. The van der Waals surface area contributed by atoms with Gasteiger partial charge in [-0.15, -0.1) is 11.8 Å². The molecule has 2 rings (SSSR count). The van der Waals surface area contributed by atoms with Crippen LogP contribution in [0.5, 0.6) is 0 Å². The average molecular weight is 379 g/mol. The van der Waals surface area contributed by atoms with Gasteiger partial charge < -0.3 is 5.32 Å². The van der Waals surface area contributed by atoms with Crippen molar-refractivity contribution in [2.45, 2.75) is 24.3 Å². The Balaban J connectivity index is 2.36. The Kier molecular flexibility index (Phi) is 6.50. The van der Waals surface area contributed by atoms with E-state index in [1.54, 1.807) is 37.3 Å². The lowest BCUT2D eigenvalue weighted by molar-refractivity contribution is -0.117. The molecule has 0 unspecified atom stereocenters. The maximum absolute atomic E-state index is 12.8. The van der Waals surface area contributed by atoms with Gasteiger partial charge in [0.15, 0.2) is 0 Å². The average Bonchev–Trinajstić information content (AvgIpc) is 2.59. The highest BCUT2D eigenvalue weighted by atomic mass is 32.2. The van der Waals surface area contributed by atoms with Gasteiger partial charge in [0.1, 0.15) is 6.04 Å². The molecule has 134 valence electrons. The van der Waals surface area contributed by atoms with Crippen LogP contribution in [0.1, 0.15) is 13.3 Å². The molecule has 5 nitrogen and oxygen atoms in total. The van der Waals surface area contributed by atoms with Crippen LogP contribution in [0.25, 0.3) is 0 Å². The number of thioether (sulfide) groups is 1. The molecule has 0 saturated carbocycles. The monoisotopic (exact) mass is 378 g/mol. The van der Waals surface area contributed by atoms with Crippen molar-refractivity contribution in [3.8, 4) is 0 Å². The van der Waals surface area contributed by atoms with Gasteiger partial charge >= 0.3 is 0 Å². The molecule has 0 aliphatic rings. The summed E-state index contributed by atoms with van der Waals surface area (Å²) in [5.41, 5.74) is 1.16. The zero-order valence-electron chi connectivity index (χ0n) is 14.5. The molecule has 0 aliphatic heterocycles. The van der Waals surface area contributed by atoms with Crippen LogP contribution in [0.3, 0.4) is 0 Å². The van der Waals surface area contributed by atoms with Crippen LogP contribution in [-0.2, 0) is 14.8 Å². The van der Waals surface area contributed by atoms with Gasteiger partial charge in [-0.1, -0.05) is 37.3 Å². The molecule has 0 aliphatic carbocycles. The van der Waals surface area contributed by atoms with E-state index in [1.165, 1.54) is 16.1 Å². The molecule has 25 heavy (non-hydrogen) atoms.